The molecule has 1 heterocycles. The average Bonchev–Trinajstić information content (AvgIpc) is 2.14. The third-order valence-corrected chi connectivity index (χ3v) is 1.78. The number of rotatable bonds is 3. The van der Waals surface area contributed by atoms with Gasteiger partial charge in [0, 0.05) is 10.6 Å². The number of aryl methyl sites for hydroxylation is 1. The molecule has 5 heteroatoms. The first-order chi connectivity index (χ1) is 6.26. The molecule has 0 fully saturated rings. The second-order valence-corrected chi connectivity index (χ2v) is 2.92. The molecule has 0 radical (unpaired) electrons. The van der Waals surface area contributed by atoms with Gasteiger partial charge in [-0.05, 0) is 30.2 Å². The largest absolute Gasteiger partial charge is 0.256 e. The van der Waals surface area contributed by atoms with Crippen LogP contribution in [0.25, 0.3) is 10.4 Å². The molecule has 1 aromatic heterocycles. The molecule has 0 bridgehead atoms. The fraction of sp³-hybridized carbons (Fsp3) is 0.375. The molecule has 4 nitrogen and oxygen atoms in total. The number of pyridine rings is 1. The Morgan fingerprint density at radius 3 is 2.85 bits per heavy atom. The highest BCUT2D eigenvalue weighted by Crippen LogP contribution is 2.08. The molecular formula is C8H9ClN4. The fourth-order valence-corrected chi connectivity index (χ4v) is 1.21. The summed E-state index contributed by atoms with van der Waals surface area (Å²) in [5.74, 6) is 0.380. The summed E-state index contributed by atoms with van der Waals surface area (Å²) in [4.78, 5) is 6.86. The Morgan fingerprint density at radius 1 is 1.54 bits per heavy atom. The van der Waals surface area contributed by atoms with Gasteiger partial charge in [0.05, 0.1) is 18.1 Å². The maximum Gasteiger partial charge on any atom is 0.0684 e. The Balaban J connectivity index is 2.93. The Bertz CT molecular complexity index is 344. The Labute approximate surface area is 81.2 Å². The summed E-state index contributed by atoms with van der Waals surface area (Å²) >= 11 is 5.64. The zero-order valence-corrected chi connectivity index (χ0v) is 7.99. The van der Waals surface area contributed by atoms with Crippen molar-refractivity contribution in [3.05, 3.63) is 39.5 Å². The fourth-order valence-electron chi connectivity index (χ4n) is 1.07. The van der Waals surface area contributed by atoms with Gasteiger partial charge in [-0.15, -0.1) is 11.6 Å². The van der Waals surface area contributed by atoms with Crippen LogP contribution in [0.1, 0.15) is 17.0 Å². The second kappa shape index (κ2) is 4.70. The molecule has 0 aliphatic heterocycles. The van der Waals surface area contributed by atoms with Gasteiger partial charge in [0.1, 0.15) is 0 Å². The third-order valence-electron chi connectivity index (χ3n) is 1.51. The summed E-state index contributed by atoms with van der Waals surface area (Å²) in [5, 5.41) is 3.43. The van der Waals surface area contributed by atoms with E-state index in [1.54, 1.807) is 0 Å². The molecular weight excluding hydrogens is 188 g/mol. The zero-order chi connectivity index (χ0) is 9.68. The highest BCUT2D eigenvalue weighted by molar-refractivity contribution is 6.16. The second-order valence-electron chi connectivity index (χ2n) is 2.65. The molecule has 0 unspecified atom stereocenters. The molecule has 0 amide bonds. The van der Waals surface area contributed by atoms with Crippen LogP contribution in [-0.2, 0) is 12.4 Å². The van der Waals surface area contributed by atoms with Gasteiger partial charge in [-0.1, -0.05) is 5.11 Å². The summed E-state index contributed by atoms with van der Waals surface area (Å²) in [5.41, 5.74) is 10.8. The number of hydrogen-bond acceptors (Lipinski definition) is 2. The molecule has 0 saturated heterocycles. The van der Waals surface area contributed by atoms with Gasteiger partial charge in [-0.25, -0.2) is 0 Å². The SMILES string of the molecule is Cc1cc(CCl)nc(CN=[N+]=[N-])c1. The van der Waals surface area contributed by atoms with Crippen molar-refractivity contribution in [2.45, 2.75) is 19.3 Å². The Hall–Kier alpha value is -1.25. The topological polar surface area (TPSA) is 61.7 Å². The maximum atomic E-state index is 8.13. The lowest BCUT2D eigenvalue weighted by Crippen LogP contribution is -1.93. The molecule has 0 atom stereocenters. The van der Waals surface area contributed by atoms with Gasteiger partial charge in [0.25, 0.3) is 0 Å². The van der Waals surface area contributed by atoms with Crippen molar-refractivity contribution in [2.24, 2.45) is 5.11 Å². The van der Waals surface area contributed by atoms with Crippen LogP contribution in [0.15, 0.2) is 17.2 Å². The first-order valence-corrected chi connectivity index (χ1v) is 4.33. The number of nitrogens with zero attached hydrogens (tertiary/aromatic N) is 4. The van der Waals surface area contributed by atoms with Crippen molar-refractivity contribution in [1.82, 2.24) is 4.98 Å². The predicted molar refractivity (Wildman–Crippen MR) is 51.4 cm³/mol. The normalized spacial score (nSPS) is 9.38. The number of azide groups is 1. The minimum Gasteiger partial charge on any atom is -0.256 e. The smallest absolute Gasteiger partial charge is 0.0684 e. The molecule has 1 rings (SSSR count). The first kappa shape index (κ1) is 9.84. The Morgan fingerprint density at radius 2 is 2.23 bits per heavy atom. The van der Waals surface area contributed by atoms with Crippen molar-refractivity contribution >= 4 is 11.6 Å². The van der Waals surface area contributed by atoms with Crippen molar-refractivity contribution < 1.29 is 0 Å². The standard InChI is InChI=1S/C8H9ClN4/c1-6-2-7(4-9)12-8(3-6)5-11-13-10/h2-3H,4-5H2,1H3. The molecule has 68 valence electrons. The van der Waals surface area contributed by atoms with Crippen LogP contribution in [0.3, 0.4) is 0 Å². The molecule has 13 heavy (non-hydrogen) atoms. The van der Waals surface area contributed by atoms with Crippen molar-refractivity contribution in [1.29, 1.82) is 0 Å². The summed E-state index contributed by atoms with van der Waals surface area (Å²) in [6, 6.07) is 3.79. The van der Waals surface area contributed by atoms with E-state index >= 15 is 0 Å². The lowest BCUT2D eigenvalue weighted by Gasteiger charge is -2.01. The van der Waals surface area contributed by atoms with E-state index in [0.717, 1.165) is 17.0 Å². The molecule has 1 aromatic rings. The summed E-state index contributed by atoms with van der Waals surface area (Å²) < 4.78 is 0. The minimum atomic E-state index is 0.280. The van der Waals surface area contributed by atoms with Gasteiger partial charge in [-0.3, -0.25) is 4.98 Å². The predicted octanol–water partition coefficient (Wildman–Crippen LogP) is 2.94. The van der Waals surface area contributed by atoms with Crippen LogP contribution in [0.2, 0.25) is 0 Å². The van der Waals surface area contributed by atoms with E-state index in [4.69, 9.17) is 17.1 Å². The van der Waals surface area contributed by atoms with Gasteiger partial charge in [0.2, 0.25) is 0 Å². The molecule has 0 saturated carbocycles. The summed E-state index contributed by atoms with van der Waals surface area (Å²) in [7, 11) is 0. The molecule has 0 aromatic carbocycles. The van der Waals surface area contributed by atoms with E-state index in [1.165, 1.54) is 0 Å². The van der Waals surface area contributed by atoms with Crippen molar-refractivity contribution in [3.63, 3.8) is 0 Å². The van der Waals surface area contributed by atoms with Crippen LogP contribution in [0.4, 0.5) is 0 Å². The van der Waals surface area contributed by atoms with E-state index < -0.39 is 0 Å². The number of halogens is 1. The van der Waals surface area contributed by atoms with Crippen LogP contribution >= 0.6 is 11.6 Å². The van der Waals surface area contributed by atoms with E-state index in [9.17, 15) is 0 Å². The van der Waals surface area contributed by atoms with Gasteiger partial charge in [-0.2, -0.15) is 0 Å². The van der Waals surface area contributed by atoms with E-state index in [0.29, 0.717) is 5.88 Å². The van der Waals surface area contributed by atoms with E-state index in [-0.39, 0.29) is 6.54 Å². The number of alkyl halides is 1. The van der Waals surface area contributed by atoms with Crippen molar-refractivity contribution in [3.8, 4) is 0 Å². The minimum absolute atomic E-state index is 0.280. The lowest BCUT2D eigenvalue weighted by molar-refractivity contribution is 0.946. The molecule has 0 spiro atoms. The van der Waals surface area contributed by atoms with Gasteiger partial charge >= 0.3 is 0 Å². The average molecular weight is 197 g/mol. The number of aromatic nitrogens is 1. The molecule has 0 aliphatic rings. The Kier molecular flexibility index (Phi) is 3.55. The first-order valence-electron chi connectivity index (χ1n) is 3.79. The van der Waals surface area contributed by atoms with E-state index in [2.05, 4.69) is 15.0 Å². The molecule has 0 aliphatic carbocycles. The highest BCUT2D eigenvalue weighted by atomic mass is 35.5. The van der Waals surface area contributed by atoms with Crippen LogP contribution in [-0.4, -0.2) is 4.98 Å². The van der Waals surface area contributed by atoms with Crippen LogP contribution in [0, 0.1) is 6.92 Å². The summed E-state index contributed by atoms with van der Waals surface area (Å²) in [6.07, 6.45) is 0. The number of hydrogen-bond donors (Lipinski definition) is 0. The molecule has 0 N–H and O–H groups in total. The highest BCUT2D eigenvalue weighted by Gasteiger charge is 1.98. The van der Waals surface area contributed by atoms with Gasteiger partial charge < -0.3 is 0 Å². The van der Waals surface area contributed by atoms with E-state index in [1.807, 2.05) is 19.1 Å². The summed E-state index contributed by atoms with van der Waals surface area (Å²) in [6.45, 7) is 2.24. The van der Waals surface area contributed by atoms with Crippen LogP contribution < -0.4 is 0 Å². The van der Waals surface area contributed by atoms with Gasteiger partial charge in [0.15, 0.2) is 0 Å². The monoisotopic (exact) mass is 196 g/mol. The maximum absolute atomic E-state index is 8.13. The third kappa shape index (κ3) is 2.93. The zero-order valence-electron chi connectivity index (χ0n) is 7.24. The van der Waals surface area contributed by atoms with Crippen LogP contribution in [0.5, 0.6) is 0 Å². The lowest BCUT2D eigenvalue weighted by atomic mass is 10.2. The van der Waals surface area contributed by atoms with Crippen molar-refractivity contribution in [2.75, 3.05) is 0 Å². The quantitative estimate of drug-likeness (QED) is 0.317.